The fourth-order valence-corrected chi connectivity index (χ4v) is 2.78. The van der Waals surface area contributed by atoms with Crippen molar-refractivity contribution in [2.24, 2.45) is 5.92 Å². The average molecular weight is 300 g/mol. The third kappa shape index (κ3) is 3.24. The molecule has 0 saturated carbocycles. The lowest BCUT2D eigenvalue weighted by Crippen LogP contribution is -2.41. The van der Waals surface area contributed by atoms with Crippen molar-refractivity contribution in [3.05, 3.63) is 36.2 Å². The summed E-state index contributed by atoms with van der Waals surface area (Å²) in [5.74, 6) is 1.05. The molecule has 3 heterocycles. The Balaban J connectivity index is 1.55. The van der Waals surface area contributed by atoms with Gasteiger partial charge in [-0.2, -0.15) is 0 Å². The van der Waals surface area contributed by atoms with Crippen LogP contribution in [0.4, 0.5) is 5.95 Å². The van der Waals surface area contributed by atoms with E-state index in [0.717, 1.165) is 37.6 Å². The van der Waals surface area contributed by atoms with E-state index < -0.39 is 0 Å². The number of imidazole rings is 1. The van der Waals surface area contributed by atoms with Crippen LogP contribution in [0, 0.1) is 12.8 Å². The quantitative estimate of drug-likeness (QED) is 0.884. The highest BCUT2D eigenvalue weighted by Crippen LogP contribution is 2.19. The van der Waals surface area contributed by atoms with Crippen LogP contribution in [0.15, 0.2) is 24.8 Å². The first-order valence-corrected chi connectivity index (χ1v) is 7.54. The van der Waals surface area contributed by atoms with Crippen LogP contribution in [-0.4, -0.2) is 45.5 Å². The Morgan fingerprint density at radius 3 is 2.95 bits per heavy atom. The standard InChI is InChI=1S/C15H20N6O/c1-11-13(20-10-19-11)14(22)18-8-12-4-2-7-21(9-12)15-16-5-3-6-17-15/h3,5-6,10,12H,2,4,7-9H2,1H3,(H,18,22)(H,19,20). The highest BCUT2D eigenvalue weighted by atomic mass is 16.1. The molecule has 0 aliphatic carbocycles. The number of rotatable bonds is 4. The molecular weight excluding hydrogens is 280 g/mol. The second-order valence-electron chi connectivity index (χ2n) is 5.59. The molecule has 1 amide bonds. The summed E-state index contributed by atoms with van der Waals surface area (Å²) in [4.78, 5) is 29.8. The lowest BCUT2D eigenvalue weighted by molar-refractivity contribution is 0.0940. The number of nitrogens with one attached hydrogen (secondary N) is 2. The zero-order valence-corrected chi connectivity index (χ0v) is 12.6. The van der Waals surface area contributed by atoms with Gasteiger partial charge in [0.05, 0.1) is 6.33 Å². The molecule has 3 rings (SSSR count). The molecular formula is C15H20N6O. The van der Waals surface area contributed by atoms with Gasteiger partial charge in [-0.1, -0.05) is 0 Å². The number of aromatic amines is 1. The maximum Gasteiger partial charge on any atom is 0.271 e. The number of hydrogen-bond acceptors (Lipinski definition) is 5. The van der Waals surface area contributed by atoms with Gasteiger partial charge in [0.25, 0.3) is 5.91 Å². The fraction of sp³-hybridized carbons (Fsp3) is 0.467. The average Bonchev–Trinajstić information content (AvgIpc) is 3.00. The minimum atomic E-state index is -0.119. The summed E-state index contributed by atoms with van der Waals surface area (Å²) in [5.41, 5.74) is 1.26. The molecule has 0 spiro atoms. The van der Waals surface area contributed by atoms with Crippen molar-refractivity contribution in [2.45, 2.75) is 19.8 Å². The fourth-order valence-electron chi connectivity index (χ4n) is 2.78. The summed E-state index contributed by atoms with van der Waals surface area (Å²) >= 11 is 0. The minimum absolute atomic E-state index is 0.119. The van der Waals surface area contributed by atoms with Crippen LogP contribution in [0.3, 0.4) is 0 Å². The predicted octanol–water partition coefficient (Wildman–Crippen LogP) is 1.15. The molecule has 1 fully saturated rings. The third-order valence-electron chi connectivity index (χ3n) is 3.95. The Morgan fingerprint density at radius 2 is 2.23 bits per heavy atom. The SMILES string of the molecule is Cc1[nH]cnc1C(=O)NCC1CCCN(c2ncccn2)C1. The van der Waals surface area contributed by atoms with Crippen LogP contribution >= 0.6 is 0 Å². The van der Waals surface area contributed by atoms with Gasteiger partial charge in [-0.25, -0.2) is 15.0 Å². The number of anilines is 1. The second kappa shape index (κ2) is 6.55. The number of carbonyl (C=O) groups is 1. The number of nitrogens with zero attached hydrogens (tertiary/aromatic N) is 4. The first kappa shape index (κ1) is 14.5. The van der Waals surface area contributed by atoms with Crippen molar-refractivity contribution < 1.29 is 4.79 Å². The van der Waals surface area contributed by atoms with Gasteiger partial charge < -0.3 is 15.2 Å². The molecule has 7 nitrogen and oxygen atoms in total. The number of aryl methyl sites for hydroxylation is 1. The molecule has 2 aromatic heterocycles. The van der Waals surface area contributed by atoms with E-state index in [1.54, 1.807) is 18.7 Å². The number of hydrogen-bond donors (Lipinski definition) is 2. The van der Waals surface area contributed by atoms with Crippen LogP contribution in [0.1, 0.15) is 29.0 Å². The zero-order chi connectivity index (χ0) is 15.4. The molecule has 0 bridgehead atoms. The first-order valence-electron chi connectivity index (χ1n) is 7.54. The molecule has 116 valence electrons. The van der Waals surface area contributed by atoms with Crippen molar-refractivity contribution >= 4 is 11.9 Å². The van der Waals surface area contributed by atoms with Crippen LogP contribution in [0.2, 0.25) is 0 Å². The number of H-pyrrole nitrogens is 1. The molecule has 0 aromatic carbocycles. The third-order valence-corrected chi connectivity index (χ3v) is 3.95. The monoisotopic (exact) mass is 300 g/mol. The van der Waals surface area contributed by atoms with Crippen LogP contribution < -0.4 is 10.2 Å². The Morgan fingerprint density at radius 1 is 1.41 bits per heavy atom. The van der Waals surface area contributed by atoms with Gasteiger partial charge in [-0.05, 0) is 31.7 Å². The number of amides is 1. The maximum absolute atomic E-state index is 12.1. The summed E-state index contributed by atoms with van der Waals surface area (Å²) in [6.45, 7) is 4.32. The molecule has 2 N–H and O–H groups in total. The lowest BCUT2D eigenvalue weighted by Gasteiger charge is -2.32. The molecule has 7 heteroatoms. The van der Waals surface area contributed by atoms with E-state index in [1.165, 1.54) is 0 Å². The molecule has 1 aliphatic rings. The molecule has 0 radical (unpaired) electrons. The molecule has 22 heavy (non-hydrogen) atoms. The van der Waals surface area contributed by atoms with Crippen molar-refractivity contribution in [3.63, 3.8) is 0 Å². The van der Waals surface area contributed by atoms with Crippen molar-refractivity contribution in [1.29, 1.82) is 0 Å². The van der Waals surface area contributed by atoms with Crippen LogP contribution in [-0.2, 0) is 0 Å². The topological polar surface area (TPSA) is 86.8 Å². The largest absolute Gasteiger partial charge is 0.350 e. The van der Waals surface area contributed by atoms with Gasteiger partial charge >= 0.3 is 0 Å². The van der Waals surface area contributed by atoms with Gasteiger partial charge in [0.2, 0.25) is 5.95 Å². The smallest absolute Gasteiger partial charge is 0.271 e. The van der Waals surface area contributed by atoms with Crippen molar-refractivity contribution in [1.82, 2.24) is 25.3 Å². The molecule has 1 aliphatic heterocycles. The van der Waals surface area contributed by atoms with Gasteiger partial charge in [0.1, 0.15) is 5.69 Å². The van der Waals surface area contributed by atoms with Gasteiger partial charge in [0, 0.05) is 37.7 Å². The van der Waals surface area contributed by atoms with E-state index >= 15 is 0 Å². The summed E-state index contributed by atoms with van der Waals surface area (Å²) in [6, 6.07) is 1.82. The van der Waals surface area contributed by atoms with Crippen molar-refractivity contribution in [3.8, 4) is 0 Å². The Bertz CT molecular complexity index is 626. The Labute approximate surface area is 129 Å². The van der Waals surface area contributed by atoms with E-state index in [9.17, 15) is 4.79 Å². The Hall–Kier alpha value is -2.44. The minimum Gasteiger partial charge on any atom is -0.350 e. The normalized spacial score (nSPS) is 18.2. The number of aromatic nitrogens is 4. The van der Waals surface area contributed by atoms with Gasteiger partial charge in [0.15, 0.2) is 0 Å². The van der Waals surface area contributed by atoms with E-state index in [-0.39, 0.29) is 5.91 Å². The van der Waals surface area contributed by atoms with E-state index in [2.05, 4.69) is 30.2 Å². The highest BCUT2D eigenvalue weighted by molar-refractivity contribution is 5.93. The number of piperidine rings is 1. The van der Waals surface area contributed by atoms with E-state index in [4.69, 9.17) is 0 Å². The predicted molar refractivity (Wildman–Crippen MR) is 82.6 cm³/mol. The van der Waals surface area contributed by atoms with Crippen LogP contribution in [0.5, 0.6) is 0 Å². The van der Waals surface area contributed by atoms with E-state index in [1.807, 2.05) is 13.0 Å². The Kier molecular flexibility index (Phi) is 4.32. The first-order chi connectivity index (χ1) is 10.7. The summed E-state index contributed by atoms with van der Waals surface area (Å²) in [7, 11) is 0. The number of carbonyl (C=O) groups excluding carboxylic acids is 1. The molecule has 2 aromatic rings. The van der Waals surface area contributed by atoms with Gasteiger partial charge in [-0.15, -0.1) is 0 Å². The molecule has 1 saturated heterocycles. The maximum atomic E-state index is 12.1. The van der Waals surface area contributed by atoms with E-state index in [0.29, 0.717) is 18.2 Å². The molecule has 1 atom stereocenters. The summed E-state index contributed by atoms with van der Waals surface area (Å²) in [6.07, 6.45) is 7.24. The van der Waals surface area contributed by atoms with Crippen LogP contribution in [0.25, 0.3) is 0 Å². The van der Waals surface area contributed by atoms with Crippen molar-refractivity contribution in [2.75, 3.05) is 24.5 Å². The summed E-state index contributed by atoms with van der Waals surface area (Å²) < 4.78 is 0. The highest BCUT2D eigenvalue weighted by Gasteiger charge is 2.22. The zero-order valence-electron chi connectivity index (χ0n) is 12.6. The summed E-state index contributed by atoms with van der Waals surface area (Å²) in [5, 5.41) is 2.98. The second-order valence-corrected chi connectivity index (χ2v) is 5.59. The lowest BCUT2D eigenvalue weighted by atomic mass is 9.98. The van der Waals surface area contributed by atoms with Gasteiger partial charge in [-0.3, -0.25) is 4.79 Å². The molecule has 1 unspecified atom stereocenters.